The first kappa shape index (κ1) is 16.6. The Morgan fingerprint density at radius 1 is 1.38 bits per heavy atom. The molecule has 1 atom stereocenters. The molecule has 0 radical (unpaired) electrons. The van der Waals surface area contributed by atoms with Crippen molar-refractivity contribution in [3.63, 3.8) is 0 Å². The van der Waals surface area contributed by atoms with Crippen molar-refractivity contribution >= 4 is 11.8 Å². The first-order chi connectivity index (χ1) is 11.7. The highest BCUT2D eigenvalue weighted by Crippen LogP contribution is 2.30. The smallest absolute Gasteiger partial charge is 0.257 e. The van der Waals surface area contributed by atoms with E-state index in [1.165, 1.54) is 6.08 Å². The van der Waals surface area contributed by atoms with Gasteiger partial charge in [-0.3, -0.25) is 9.59 Å². The molecule has 1 saturated heterocycles. The molecule has 5 heteroatoms. The molecule has 2 amide bonds. The summed E-state index contributed by atoms with van der Waals surface area (Å²) in [4.78, 5) is 28.6. The molecule has 24 heavy (non-hydrogen) atoms. The van der Waals surface area contributed by atoms with Crippen LogP contribution in [0.5, 0.6) is 5.75 Å². The number of piperazine rings is 1. The van der Waals surface area contributed by atoms with Gasteiger partial charge in [0.2, 0.25) is 5.91 Å². The van der Waals surface area contributed by atoms with E-state index in [9.17, 15) is 9.59 Å². The minimum Gasteiger partial charge on any atom is -0.492 e. The highest BCUT2D eigenvalue weighted by molar-refractivity contribution is 5.97. The molecule has 0 unspecified atom stereocenters. The lowest BCUT2D eigenvalue weighted by atomic mass is 10.0. The second kappa shape index (κ2) is 7.07. The average Bonchev–Trinajstić information content (AvgIpc) is 2.65. The lowest BCUT2D eigenvalue weighted by Gasteiger charge is -2.41. The third-order valence-electron chi connectivity index (χ3n) is 4.86. The van der Waals surface area contributed by atoms with Gasteiger partial charge in [0, 0.05) is 25.7 Å². The van der Waals surface area contributed by atoms with Gasteiger partial charge in [0.25, 0.3) is 5.91 Å². The number of amides is 2. The van der Waals surface area contributed by atoms with E-state index in [1.54, 1.807) is 0 Å². The van der Waals surface area contributed by atoms with Crippen LogP contribution in [0.15, 0.2) is 30.9 Å². The number of para-hydroxylation sites is 1. The summed E-state index contributed by atoms with van der Waals surface area (Å²) >= 11 is 0. The van der Waals surface area contributed by atoms with Crippen LogP contribution in [0.25, 0.3) is 0 Å². The molecule has 2 aliphatic rings. The first-order valence-corrected chi connectivity index (χ1v) is 8.62. The van der Waals surface area contributed by atoms with E-state index in [0.717, 1.165) is 30.6 Å². The number of hydrogen-bond donors (Lipinski definition) is 0. The summed E-state index contributed by atoms with van der Waals surface area (Å²) in [7, 11) is 0. The number of fused-ring (bicyclic) bond motifs is 1. The summed E-state index contributed by atoms with van der Waals surface area (Å²) in [5.41, 5.74) is 1.75. The number of benzene rings is 1. The zero-order valence-electron chi connectivity index (χ0n) is 14.2. The van der Waals surface area contributed by atoms with Crippen LogP contribution in [-0.2, 0) is 11.2 Å². The molecule has 0 N–H and O–H groups in total. The molecule has 0 spiro atoms. The molecular weight excluding hydrogens is 304 g/mol. The van der Waals surface area contributed by atoms with E-state index in [4.69, 9.17) is 4.74 Å². The molecule has 0 bridgehead atoms. The van der Waals surface area contributed by atoms with Gasteiger partial charge in [-0.15, -0.1) is 0 Å². The molecule has 0 aliphatic carbocycles. The van der Waals surface area contributed by atoms with E-state index >= 15 is 0 Å². The fraction of sp³-hybridized carbons (Fsp3) is 0.474. The van der Waals surface area contributed by atoms with Crippen LogP contribution in [-0.4, -0.2) is 53.9 Å². The van der Waals surface area contributed by atoms with Crippen LogP contribution in [0, 0.1) is 0 Å². The number of aryl methyl sites for hydroxylation is 1. The Labute approximate surface area is 142 Å². The van der Waals surface area contributed by atoms with Gasteiger partial charge in [0.1, 0.15) is 5.75 Å². The van der Waals surface area contributed by atoms with Crippen LogP contribution in [0.3, 0.4) is 0 Å². The molecule has 1 aromatic rings. The normalized spacial score (nSPS) is 20.1. The Morgan fingerprint density at radius 2 is 2.21 bits per heavy atom. The van der Waals surface area contributed by atoms with Crippen molar-refractivity contribution in [1.82, 2.24) is 9.80 Å². The Balaban J connectivity index is 1.79. The molecule has 5 nitrogen and oxygen atoms in total. The summed E-state index contributed by atoms with van der Waals surface area (Å²) < 4.78 is 5.77. The van der Waals surface area contributed by atoms with Gasteiger partial charge < -0.3 is 14.5 Å². The highest BCUT2D eigenvalue weighted by atomic mass is 16.5. The maximum absolute atomic E-state index is 13.0. The van der Waals surface area contributed by atoms with Crippen molar-refractivity contribution in [3.8, 4) is 5.75 Å². The first-order valence-electron chi connectivity index (χ1n) is 8.62. The molecule has 2 heterocycles. The van der Waals surface area contributed by atoms with Crippen molar-refractivity contribution in [3.05, 3.63) is 42.0 Å². The van der Waals surface area contributed by atoms with Crippen molar-refractivity contribution in [2.75, 3.05) is 26.2 Å². The van der Waals surface area contributed by atoms with Gasteiger partial charge in [-0.05, 0) is 37.0 Å². The zero-order chi connectivity index (χ0) is 17.1. The summed E-state index contributed by atoms with van der Waals surface area (Å²) in [6.45, 7) is 7.91. The number of carbonyl (C=O) groups is 2. The Bertz CT molecular complexity index is 656. The third-order valence-corrected chi connectivity index (χ3v) is 4.86. The van der Waals surface area contributed by atoms with Crippen LogP contribution >= 0.6 is 0 Å². The van der Waals surface area contributed by atoms with Crippen LogP contribution in [0.2, 0.25) is 0 Å². The van der Waals surface area contributed by atoms with Crippen molar-refractivity contribution in [2.24, 2.45) is 0 Å². The minimum atomic E-state index is -0.0608. The second-order valence-corrected chi connectivity index (χ2v) is 6.29. The molecule has 0 saturated carbocycles. The van der Waals surface area contributed by atoms with Gasteiger partial charge in [0.05, 0.1) is 12.2 Å². The summed E-state index contributed by atoms with van der Waals surface area (Å²) in [5, 5.41) is 0. The standard InChI is InChI=1S/C19H24N2O3/c1-3-15-13-20(10-11-21(15)17(22)4-2)19(23)16-9-5-7-14-8-6-12-24-18(14)16/h4-5,7,9,15H,2-3,6,8,10-13H2,1H3/t15-/m0/s1. The number of hydrogen-bond acceptors (Lipinski definition) is 3. The monoisotopic (exact) mass is 328 g/mol. The SMILES string of the molecule is C=CC(=O)N1CCN(C(=O)c2cccc3c2OCCC3)C[C@@H]1CC. The minimum absolute atomic E-state index is 0.00194. The molecule has 0 aromatic heterocycles. The fourth-order valence-corrected chi connectivity index (χ4v) is 3.52. The molecule has 3 rings (SSSR count). The van der Waals surface area contributed by atoms with Gasteiger partial charge in [-0.2, -0.15) is 0 Å². The maximum Gasteiger partial charge on any atom is 0.257 e. The lowest BCUT2D eigenvalue weighted by molar-refractivity contribution is -0.130. The Morgan fingerprint density at radius 3 is 2.96 bits per heavy atom. The van der Waals surface area contributed by atoms with Crippen LogP contribution < -0.4 is 4.74 Å². The number of carbonyl (C=O) groups excluding carboxylic acids is 2. The van der Waals surface area contributed by atoms with Crippen LogP contribution in [0.1, 0.15) is 35.7 Å². The third kappa shape index (κ3) is 3.03. The molecule has 2 aliphatic heterocycles. The van der Waals surface area contributed by atoms with Gasteiger partial charge in [0.15, 0.2) is 0 Å². The van der Waals surface area contributed by atoms with E-state index in [0.29, 0.717) is 31.8 Å². The Kier molecular flexibility index (Phi) is 4.88. The fourth-order valence-electron chi connectivity index (χ4n) is 3.52. The van der Waals surface area contributed by atoms with E-state index in [2.05, 4.69) is 6.58 Å². The quantitative estimate of drug-likeness (QED) is 0.800. The molecule has 1 fully saturated rings. The average molecular weight is 328 g/mol. The zero-order valence-corrected chi connectivity index (χ0v) is 14.2. The summed E-state index contributed by atoms with van der Waals surface area (Å²) in [5.74, 6) is 0.679. The van der Waals surface area contributed by atoms with E-state index < -0.39 is 0 Å². The topological polar surface area (TPSA) is 49.9 Å². The lowest BCUT2D eigenvalue weighted by Crippen LogP contribution is -2.56. The summed E-state index contributed by atoms with van der Waals surface area (Å²) in [6, 6.07) is 5.83. The summed E-state index contributed by atoms with van der Waals surface area (Å²) in [6.07, 6.45) is 4.11. The predicted octanol–water partition coefficient (Wildman–Crippen LogP) is 2.26. The second-order valence-electron chi connectivity index (χ2n) is 6.29. The maximum atomic E-state index is 13.0. The van der Waals surface area contributed by atoms with Crippen molar-refractivity contribution < 1.29 is 14.3 Å². The molecule has 128 valence electrons. The molecular formula is C19H24N2O3. The largest absolute Gasteiger partial charge is 0.492 e. The number of ether oxygens (including phenoxy) is 1. The van der Waals surface area contributed by atoms with Crippen LogP contribution in [0.4, 0.5) is 0 Å². The van der Waals surface area contributed by atoms with Crippen molar-refractivity contribution in [1.29, 1.82) is 0 Å². The van der Waals surface area contributed by atoms with Gasteiger partial charge >= 0.3 is 0 Å². The Hall–Kier alpha value is -2.30. The number of rotatable bonds is 3. The number of nitrogens with zero attached hydrogens (tertiary/aromatic N) is 2. The predicted molar refractivity (Wildman–Crippen MR) is 92.2 cm³/mol. The van der Waals surface area contributed by atoms with E-state index in [1.807, 2.05) is 34.9 Å². The van der Waals surface area contributed by atoms with Crippen molar-refractivity contribution in [2.45, 2.75) is 32.2 Å². The van der Waals surface area contributed by atoms with Gasteiger partial charge in [-0.1, -0.05) is 25.6 Å². The molecule has 1 aromatic carbocycles. The van der Waals surface area contributed by atoms with E-state index in [-0.39, 0.29) is 17.9 Å². The highest BCUT2D eigenvalue weighted by Gasteiger charge is 2.32. The van der Waals surface area contributed by atoms with Gasteiger partial charge in [-0.25, -0.2) is 0 Å².